The molecule has 4 nitrogen and oxygen atoms in total. The zero-order chi connectivity index (χ0) is 14.7. The van der Waals surface area contributed by atoms with Crippen LogP contribution in [-0.4, -0.2) is 23.7 Å². The number of carboxylic acid groups (broad SMARTS) is 1. The van der Waals surface area contributed by atoms with Crippen LogP contribution < -0.4 is 9.64 Å². The summed E-state index contributed by atoms with van der Waals surface area (Å²) in [6.07, 6.45) is 0.0706. The second-order valence-electron chi connectivity index (χ2n) is 5.14. The molecule has 1 N–H and O–H groups in total. The van der Waals surface area contributed by atoms with Crippen LogP contribution in [0.25, 0.3) is 0 Å². The van der Waals surface area contributed by atoms with Crippen LogP contribution in [0.5, 0.6) is 5.75 Å². The summed E-state index contributed by atoms with van der Waals surface area (Å²) >= 11 is 0. The summed E-state index contributed by atoms with van der Waals surface area (Å²) < 4.78 is 5.70. The van der Waals surface area contributed by atoms with Gasteiger partial charge in [-0.3, -0.25) is 4.79 Å². The molecule has 0 spiro atoms. The van der Waals surface area contributed by atoms with Crippen LogP contribution >= 0.6 is 0 Å². The third kappa shape index (κ3) is 2.99. The number of anilines is 1. The molecule has 4 heteroatoms. The highest BCUT2D eigenvalue weighted by atomic mass is 16.5. The number of para-hydroxylation sites is 2. The van der Waals surface area contributed by atoms with Crippen molar-refractivity contribution >= 4 is 11.7 Å². The largest absolute Gasteiger partial charge is 0.489 e. The van der Waals surface area contributed by atoms with Gasteiger partial charge in [-0.2, -0.15) is 0 Å². The lowest BCUT2D eigenvalue weighted by molar-refractivity contribution is -0.137. The number of carboxylic acids is 1. The molecule has 108 valence electrons. The third-order valence-corrected chi connectivity index (χ3v) is 3.65. The zero-order valence-electron chi connectivity index (χ0n) is 11.6. The van der Waals surface area contributed by atoms with Gasteiger partial charge in [-0.25, -0.2) is 0 Å². The second kappa shape index (κ2) is 5.87. The number of rotatable bonds is 4. The van der Waals surface area contributed by atoms with Gasteiger partial charge in [-0.1, -0.05) is 42.5 Å². The molecule has 1 unspecified atom stereocenters. The third-order valence-electron chi connectivity index (χ3n) is 3.65. The van der Waals surface area contributed by atoms with Crippen LogP contribution in [0.2, 0.25) is 0 Å². The average Bonchev–Trinajstić information content (AvgIpc) is 2.50. The number of nitrogens with zero attached hydrogens (tertiary/aromatic N) is 1. The van der Waals surface area contributed by atoms with E-state index in [1.165, 1.54) is 0 Å². The van der Waals surface area contributed by atoms with E-state index in [9.17, 15) is 4.79 Å². The van der Waals surface area contributed by atoms with Gasteiger partial charge < -0.3 is 14.7 Å². The molecule has 0 amide bonds. The molecule has 3 rings (SSSR count). The lowest BCUT2D eigenvalue weighted by Gasteiger charge is -2.38. The topological polar surface area (TPSA) is 49.8 Å². The van der Waals surface area contributed by atoms with Gasteiger partial charge in [0.15, 0.2) is 0 Å². The molecule has 1 aliphatic rings. The molecule has 0 radical (unpaired) electrons. The highest BCUT2D eigenvalue weighted by Gasteiger charge is 2.29. The normalized spacial score (nSPS) is 17.0. The fraction of sp³-hybridized carbons (Fsp3) is 0.235. The number of fused-ring (bicyclic) bond motifs is 1. The van der Waals surface area contributed by atoms with Crippen molar-refractivity contribution in [2.75, 3.05) is 11.5 Å². The Kier molecular flexibility index (Phi) is 3.77. The molecule has 0 aliphatic carbocycles. The molecule has 2 aromatic carbocycles. The van der Waals surface area contributed by atoms with Gasteiger partial charge in [0.25, 0.3) is 0 Å². The minimum Gasteiger partial charge on any atom is -0.489 e. The molecule has 0 saturated carbocycles. The molecule has 0 aromatic heterocycles. The molecule has 2 aromatic rings. The standard InChI is InChI=1S/C17H17NO3/c19-17(20)10-14-12-21-16-9-5-4-8-15(16)18(14)11-13-6-2-1-3-7-13/h1-9,14H,10-12H2,(H,19,20). The molecular formula is C17H17NO3. The lowest BCUT2D eigenvalue weighted by atomic mass is 10.1. The first-order valence-electron chi connectivity index (χ1n) is 6.98. The first-order chi connectivity index (χ1) is 10.2. The summed E-state index contributed by atoms with van der Waals surface area (Å²) in [5.74, 6) is 0.0103. The van der Waals surface area contributed by atoms with E-state index in [0.29, 0.717) is 13.2 Å². The van der Waals surface area contributed by atoms with Gasteiger partial charge in [-0.15, -0.1) is 0 Å². The average molecular weight is 283 g/mol. The Hall–Kier alpha value is -2.49. The molecule has 0 bridgehead atoms. The van der Waals surface area contributed by atoms with Crippen LogP contribution in [-0.2, 0) is 11.3 Å². The van der Waals surface area contributed by atoms with Crippen molar-refractivity contribution in [2.24, 2.45) is 0 Å². The smallest absolute Gasteiger partial charge is 0.305 e. The summed E-state index contributed by atoms with van der Waals surface area (Å²) in [5.41, 5.74) is 2.11. The monoisotopic (exact) mass is 283 g/mol. The van der Waals surface area contributed by atoms with Crippen molar-refractivity contribution in [2.45, 2.75) is 19.0 Å². The lowest BCUT2D eigenvalue weighted by Crippen LogP contribution is -2.43. The number of carbonyl (C=O) groups is 1. The van der Waals surface area contributed by atoms with Crippen molar-refractivity contribution in [3.05, 3.63) is 60.2 Å². The molecule has 0 fully saturated rings. The number of hydrogen-bond acceptors (Lipinski definition) is 3. The first kappa shape index (κ1) is 13.5. The van der Waals surface area contributed by atoms with E-state index in [-0.39, 0.29) is 12.5 Å². The molecule has 1 atom stereocenters. The van der Waals surface area contributed by atoms with Gasteiger partial charge >= 0.3 is 5.97 Å². The highest BCUT2D eigenvalue weighted by Crippen LogP contribution is 2.35. The Labute approximate surface area is 123 Å². The number of hydrogen-bond donors (Lipinski definition) is 1. The fourth-order valence-corrected chi connectivity index (χ4v) is 2.65. The van der Waals surface area contributed by atoms with E-state index in [4.69, 9.17) is 9.84 Å². The van der Waals surface area contributed by atoms with E-state index in [0.717, 1.165) is 17.0 Å². The number of benzene rings is 2. The quantitative estimate of drug-likeness (QED) is 0.937. The van der Waals surface area contributed by atoms with Gasteiger partial charge in [0, 0.05) is 6.54 Å². The van der Waals surface area contributed by atoms with Crippen molar-refractivity contribution in [1.29, 1.82) is 0 Å². The Morgan fingerprint density at radius 3 is 2.62 bits per heavy atom. The second-order valence-corrected chi connectivity index (χ2v) is 5.14. The van der Waals surface area contributed by atoms with Crippen molar-refractivity contribution < 1.29 is 14.6 Å². The van der Waals surface area contributed by atoms with Crippen molar-refractivity contribution in [3.8, 4) is 5.75 Å². The molecule has 21 heavy (non-hydrogen) atoms. The SMILES string of the molecule is O=C(O)CC1COc2ccccc2N1Cc1ccccc1. The number of aliphatic carboxylic acids is 1. The predicted octanol–water partition coefficient (Wildman–Crippen LogP) is 2.93. The maximum Gasteiger partial charge on any atom is 0.305 e. The summed E-state index contributed by atoms with van der Waals surface area (Å²) in [6, 6.07) is 17.7. The summed E-state index contributed by atoms with van der Waals surface area (Å²) in [5, 5.41) is 9.12. The van der Waals surface area contributed by atoms with Gasteiger partial charge in [0.2, 0.25) is 0 Å². The molecule has 0 saturated heterocycles. The Balaban J connectivity index is 1.92. The minimum atomic E-state index is -0.805. The van der Waals surface area contributed by atoms with E-state index < -0.39 is 5.97 Å². The zero-order valence-corrected chi connectivity index (χ0v) is 11.6. The Bertz CT molecular complexity index is 627. The summed E-state index contributed by atoms with van der Waals surface area (Å²) in [6.45, 7) is 1.08. The highest BCUT2D eigenvalue weighted by molar-refractivity contribution is 5.70. The maximum atomic E-state index is 11.1. The van der Waals surface area contributed by atoms with E-state index >= 15 is 0 Å². The van der Waals surface area contributed by atoms with Crippen LogP contribution in [0.15, 0.2) is 54.6 Å². The maximum absolute atomic E-state index is 11.1. The fourth-order valence-electron chi connectivity index (χ4n) is 2.65. The van der Waals surface area contributed by atoms with Crippen LogP contribution in [0.3, 0.4) is 0 Å². The van der Waals surface area contributed by atoms with Crippen LogP contribution in [0, 0.1) is 0 Å². The summed E-state index contributed by atoms with van der Waals surface area (Å²) in [4.78, 5) is 13.2. The Morgan fingerprint density at radius 2 is 1.86 bits per heavy atom. The van der Waals surface area contributed by atoms with Crippen LogP contribution in [0.4, 0.5) is 5.69 Å². The first-order valence-corrected chi connectivity index (χ1v) is 6.98. The van der Waals surface area contributed by atoms with Gasteiger partial charge in [0.1, 0.15) is 12.4 Å². The van der Waals surface area contributed by atoms with Gasteiger partial charge in [0.05, 0.1) is 18.2 Å². The molecular weight excluding hydrogens is 266 g/mol. The van der Waals surface area contributed by atoms with E-state index in [2.05, 4.69) is 17.0 Å². The summed E-state index contributed by atoms with van der Waals surface area (Å²) in [7, 11) is 0. The van der Waals surface area contributed by atoms with Crippen LogP contribution in [0.1, 0.15) is 12.0 Å². The van der Waals surface area contributed by atoms with E-state index in [1.807, 2.05) is 42.5 Å². The number of ether oxygens (including phenoxy) is 1. The molecule has 1 heterocycles. The van der Waals surface area contributed by atoms with Crippen molar-refractivity contribution in [1.82, 2.24) is 0 Å². The van der Waals surface area contributed by atoms with Crippen molar-refractivity contribution in [3.63, 3.8) is 0 Å². The molecule has 1 aliphatic heterocycles. The Morgan fingerprint density at radius 1 is 1.14 bits per heavy atom. The van der Waals surface area contributed by atoms with Gasteiger partial charge in [-0.05, 0) is 17.7 Å². The predicted molar refractivity (Wildman–Crippen MR) is 80.6 cm³/mol. The minimum absolute atomic E-state index is 0.0706. The van der Waals surface area contributed by atoms with E-state index in [1.54, 1.807) is 0 Å².